The molecule has 3 aromatic carbocycles. The molecule has 228 valence electrons. The fourth-order valence-corrected chi connectivity index (χ4v) is 8.61. The van der Waals surface area contributed by atoms with Crippen LogP contribution in [0.15, 0.2) is 79.2 Å². The Labute approximate surface area is 261 Å². The predicted octanol–water partition coefficient (Wildman–Crippen LogP) is 2.53. The molecule has 3 aromatic rings. The zero-order valence-electron chi connectivity index (χ0n) is 20.7. The van der Waals surface area contributed by atoms with E-state index in [1.165, 1.54) is 17.8 Å². The Balaban J connectivity index is 0.000000260. The molecule has 0 saturated heterocycles. The van der Waals surface area contributed by atoms with Gasteiger partial charge in [0.15, 0.2) is 0 Å². The third-order valence-electron chi connectivity index (χ3n) is 5.07. The van der Waals surface area contributed by atoms with Crippen LogP contribution in [0.1, 0.15) is 5.56 Å². The number of rotatable bonds is 7. The van der Waals surface area contributed by atoms with Crippen molar-refractivity contribution in [2.45, 2.75) is 25.3 Å². The molecule has 0 aromatic heterocycles. The minimum absolute atomic E-state index is 0.0801. The largest absolute Gasteiger partial charge is 0.266 e. The zero-order valence-corrected chi connectivity index (χ0v) is 27.1. The van der Waals surface area contributed by atoms with Crippen LogP contribution in [0.4, 0.5) is 5.69 Å². The first-order valence-corrected chi connectivity index (χ1v) is 19.2. The average molecular weight is 737 g/mol. The second-order valence-electron chi connectivity index (χ2n) is 8.24. The lowest BCUT2D eigenvalue weighted by atomic mass is 10.2. The van der Waals surface area contributed by atoms with E-state index >= 15 is 0 Å². The number of hydrogen-bond donors (Lipinski definition) is 4. The molecule has 21 heteroatoms. The van der Waals surface area contributed by atoms with Crippen LogP contribution in [0.2, 0.25) is 15.1 Å². The fourth-order valence-electron chi connectivity index (χ4n) is 3.24. The predicted molar refractivity (Wildman–Crippen MR) is 162 cm³/mol. The monoisotopic (exact) mass is 735 g/mol. The maximum atomic E-state index is 12.4. The van der Waals surface area contributed by atoms with Crippen LogP contribution in [0.3, 0.4) is 0 Å². The molecule has 0 unspecified atom stereocenters. The van der Waals surface area contributed by atoms with Crippen molar-refractivity contribution in [3.05, 3.63) is 75.2 Å². The van der Waals surface area contributed by atoms with Crippen LogP contribution >= 0.6 is 46.6 Å². The molecule has 1 heterocycles. The molecule has 13 nitrogen and oxygen atoms in total. The number of benzene rings is 3. The summed E-state index contributed by atoms with van der Waals surface area (Å²) >= 11 is 18.5. The number of nitrogens with zero attached hydrogens (tertiary/aromatic N) is 1. The maximum absolute atomic E-state index is 12.4. The highest BCUT2D eigenvalue weighted by Crippen LogP contribution is 2.35. The second kappa shape index (κ2) is 12.9. The third-order valence-corrected chi connectivity index (χ3v) is 11.6. The van der Waals surface area contributed by atoms with Crippen molar-refractivity contribution < 1.29 is 33.7 Å². The number of halogens is 3. The van der Waals surface area contributed by atoms with E-state index in [4.69, 9.17) is 50.2 Å². The summed E-state index contributed by atoms with van der Waals surface area (Å²) in [5, 5.41) is 13.9. The van der Waals surface area contributed by atoms with Gasteiger partial charge in [0.25, 0.3) is 10.0 Å². The van der Waals surface area contributed by atoms with E-state index in [0.29, 0.717) is 11.5 Å². The van der Waals surface area contributed by atoms with Crippen LogP contribution in [-0.4, -0.2) is 45.3 Å². The third kappa shape index (κ3) is 8.79. The lowest BCUT2D eigenvalue weighted by molar-refractivity contribution is 0.589. The first kappa shape index (κ1) is 34.5. The topological polar surface area (TPSA) is 239 Å². The van der Waals surface area contributed by atoms with E-state index < -0.39 is 54.8 Å². The molecule has 4 rings (SSSR count). The Hall–Kier alpha value is -1.97. The highest BCUT2D eigenvalue weighted by atomic mass is 35.5. The van der Waals surface area contributed by atoms with Crippen LogP contribution in [0.25, 0.3) is 0 Å². The van der Waals surface area contributed by atoms with Gasteiger partial charge in [-0.1, -0.05) is 65.1 Å². The minimum atomic E-state index is -4.18. The van der Waals surface area contributed by atoms with Gasteiger partial charge in [0.1, 0.15) is 20.5 Å². The van der Waals surface area contributed by atoms with E-state index in [-0.39, 0.29) is 31.5 Å². The maximum Gasteiger partial charge on any atom is 0.265 e. The lowest BCUT2D eigenvalue weighted by Gasteiger charge is -2.19. The number of amidine groups is 1. The SMILES string of the molecule is NS(=O)(=O)c1cc(Cl)c(Cl)c(S(N)(=O)=O)c1.NS(=O)(=O)c1cc2c(cc1Cl)N=C(CSCc1ccccc1)NS2(=O)=O. The van der Waals surface area contributed by atoms with Gasteiger partial charge in [-0.3, -0.25) is 4.72 Å². The number of aliphatic imine (C=N–C) groups is 1. The molecule has 0 amide bonds. The van der Waals surface area contributed by atoms with E-state index in [0.717, 1.165) is 23.8 Å². The Morgan fingerprint density at radius 3 is 1.90 bits per heavy atom. The lowest BCUT2D eigenvalue weighted by Crippen LogP contribution is -2.35. The van der Waals surface area contributed by atoms with Gasteiger partial charge in [0, 0.05) is 5.75 Å². The van der Waals surface area contributed by atoms with Crippen molar-refractivity contribution in [2.24, 2.45) is 20.4 Å². The average Bonchev–Trinajstić information content (AvgIpc) is 2.83. The Bertz CT molecular complexity index is 2010. The van der Waals surface area contributed by atoms with Crippen molar-refractivity contribution in [3.63, 3.8) is 0 Å². The fraction of sp³-hybridized carbons (Fsp3) is 0.0952. The molecule has 1 aliphatic rings. The van der Waals surface area contributed by atoms with Crippen LogP contribution in [0, 0.1) is 0 Å². The highest BCUT2D eigenvalue weighted by Gasteiger charge is 2.29. The number of hydrogen-bond acceptors (Lipinski definition) is 10. The molecule has 0 aliphatic carbocycles. The first-order chi connectivity index (χ1) is 19.2. The van der Waals surface area contributed by atoms with Gasteiger partial charge in [-0.25, -0.2) is 54.1 Å². The zero-order chi connectivity index (χ0) is 31.7. The molecule has 0 radical (unpaired) electrons. The molecule has 42 heavy (non-hydrogen) atoms. The summed E-state index contributed by atoms with van der Waals surface area (Å²) < 4.78 is 94.5. The van der Waals surface area contributed by atoms with Gasteiger partial charge >= 0.3 is 0 Å². The van der Waals surface area contributed by atoms with E-state index in [1.54, 1.807) is 0 Å². The quantitative estimate of drug-likeness (QED) is 0.278. The highest BCUT2D eigenvalue weighted by molar-refractivity contribution is 7.99. The van der Waals surface area contributed by atoms with E-state index in [9.17, 15) is 33.7 Å². The number of fused-ring (bicyclic) bond motifs is 1. The summed E-state index contributed by atoms with van der Waals surface area (Å²) in [6, 6.07) is 13.5. The molecule has 0 spiro atoms. The number of primary sulfonamides is 3. The van der Waals surface area contributed by atoms with Crippen molar-refractivity contribution in [1.82, 2.24) is 4.72 Å². The second-order valence-corrected chi connectivity index (χ2v) is 16.7. The van der Waals surface area contributed by atoms with Crippen molar-refractivity contribution in [2.75, 3.05) is 5.75 Å². The van der Waals surface area contributed by atoms with Gasteiger partial charge in [0.2, 0.25) is 30.1 Å². The number of nitrogens with one attached hydrogen (secondary N) is 1. The van der Waals surface area contributed by atoms with Gasteiger partial charge < -0.3 is 0 Å². The molecule has 0 saturated carbocycles. The molecular weight excluding hydrogens is 717 g/mol. The van der Waals surface area contributed by atoms with Gasteiger partial charge in [0.05, 0.1) is 31.4 Å². The Morgan fingerprint density at radius 1 is 0.762 bits per heavy atom. The first-order valence-electron chi connectivity index (χ1n) is 10.8. The minimum Gasteiger partial charge on any atom is -0.266 e. The molecule has 0 bridgehead atoms. The van der Waals surface area contributed by atoms with E-state index in [2.05, 4.69) is 9.71 Å². The van der Waals surface area contributed by atoms with Gasteiger partial charge in [-0.05, 0) is 29.8 Å². The number of thioether (sulfide) groups is 1. The van der Waals surface area contributed by atoms with Gasteiger partial charge in [-0.15, -0.1) is 11.8 Å². The van der Waals surface area contributed by atoms with Crippen molar-refractivity contribution >= 4 is 98.2 Å². The van der Waals surface area contributed by atoms with Crippen molar-refractivity contribution in [1.29, 1.82) is 0 Å². The van der Waals surface area contributed by atoms with Crippen LogP contribution < -0.4 is 20.1 Å². The molecular formula is C21H20Cl3N5O8S5. The summed E-state index contributed by atoms with van der Waals surface area (Å²) in [7, 11) is -16.4. The molecule has 7 N–H and O–H groups in total. The summed E-state index contributed by atoms with van der Waals surface area (Å²) in [5.74, 6) is 1.28. The van der Waals surface area contributed by atoms with Crippen molar-refractivity contribution in [3.8, 4) is 0 Å². The Morgan fingerprint density at radius 2 is 1.36 bits per heavy atom. The standard InChI is InChI=1S/C15H14ClN3O4S3.C6H6Cl2N2O4S2/c16-11-6-12-14(7-13(11)25(17,20)21)26(22,23)19-15(18-12)9-24-8-10-4-2-1-3-5-10;7-4-1-3(15(9,11)12)2-5(6(4)8)16(10,13)14/h1-7H,8-9H2,(H,18,19)(H2,17,20,21);1-2H,(H2,9,11,12)(H2,10,13,14). The molecule has 0 atom stereocenters. The van der Waals surface area contributed by atoms with Crippen LogP contribution in [-0.2, 0) is 45.8 Å². The summed E-state index contributed by atoms with van der Waals surface area (Å²) in [6.07, 6.45) is 0. The Kier molecular flexibility index (Phi) is 10.6. The van der Waals surface area contributed by atoms with E-state index in [1.807, 2.05) is 30.3 Å². The smallest absolute Gasteiger partial charge is 0.265 e. The number of nitrogens with two attached hydrogens (primary N) is 3. The summed E-state index contributed by atoms with van der Waals surface area (Å²) in [6.45, 7) is 0. The normalized spacial score (nSPS) is 14.6. The molecule has 0 fully saturated rings. The summed E-state index contributed by atoms with van der Waals surface area (Å²) in [4.78, 5) is 2.44. The molecule has 1 aliphatic heterocycles. The van der Waals surface area contributed by atoms with Crippen LogP contribution in [0.5, 0.6) is 0 Å². The number of sulfonamides is 4. The summed E-state index contributed by atoms with van der Waals surface area (Å²) in [5.41, 5.74) is 1.19. The van der Waals surface area contributed by atoms with Gasteiger partial charge in [-0.2, -0.15) is 0 Å².